The van der Waals surface area contributed by atoms with E-state index in [9.17, 15) is 9.90 Å². The zero-order chi connectivity index (χ0) is 15.6. The molecule has 0 radical (unpaired) electrons. The summed E-state index contributed by atoms with van der Waals surface area (Å²) in [6.45, 7) is 10.9. The number of carbonyl (C=O) groups excluding carboxylic acids is 1. The van der Waals surface area contributed by atoms with E-state index in [0.717, 1.165) is 19.0 Å². The number of carbonyl (C=O) groups is 1. The number of aliphatic hydroxyl groups is 1. The van der Waals surface area contributed by atoms with E-state index in [2.05, 4.69) is 11.8 Å². The summed E-state index contributed by atoms with van der Waals surface area (Å²) in [5.41, 5.74) is -0.487. The average Bonchev–Trinajstić information content (AvgIpc) is 2.79. The summed E-state index contributed by atoms with van der Waals surface area (Å²) in [5, 5.41) is 10.3. The highest BCUT2D eigenvalue weighted by Crippen LogP contribution is 2.26. The number of amides is 1. The Hall–Kier alpha value is -0.810. The largest absolute Gasteiger partial charge is 0.444 e. The van der Waals surface area contributed by atoms with E-state index in [-0.39, 0.29) is 12.1 Å². The van der Waals surface area contributed by atoms with Crippen LogP contribution in [0.4, 0.5) is 4.79 Å². The van der Waals surface area contributed by atoms with Gasteiger partial charge in [0.1, 0.15) is 5.60 Å². The van der Waals surface area contributed by atoms with Crippen LogP contribution in [0.1, 0.15) is 47.0 Å². The van der Waals surface area contributed by atoms with Crippen LogP contribution in [0.3, 0.4) is 0 Å². The zero-order valence-electron chi connectivity index (χ0n) is 13.8. The van der Waals surface area contributed by atoms with Gasteiger partial charge in [0.25, 0.3) is 0 Å². The molecule has 0 unspecified atom stereocenters. The normalized spacial score (nSPS) is 28.9. The van der Waals surface area contributed by atoms with Crippen LogP contribution in [0, 0.1) is 5.92 Å². The van der Waals surface area contributed by atoms with E-state index in [1.165, 1.54) is 19.3 Å². The third-order valence-corrected chi connectivity index (χ3v) is 4.61. The topological polar surface area (TPSA) is 53.0 Å². The predicted octanol–water partition coefficient (Wildman–Crippen LogP) is 2.09. The van der Waals surface area contributed by atoms with E-state index < -0.39 is 11.7 Å². The monoisotopic (exact) mass is 298 g/mol. The number of hydrogen-bond donors (Lipinski definition) is 1. The molecule has 0 bridgehead atoms. The molecule has 0 aromatic rings. The van der Waals surface area contributed by atoms with Gasteiger partial charge in [-0.2, -0.15) is 0 Å². The molecule has 21 heavy (non-hydrogen) atoms. The molecule has 1 N–H and O–H groups in total. The van der Waals surface area contributed by atoms with E-state index in [0.29, 0.717) is 13.1 Å². The van der Waals surface area contributed by atoms with Crippen molar-refractivity contribution in [1.82, 2.24) is 9.80 Å². The third kappa shape index (κ3) is 4.33. The number of piperidine rings is 1. The van der Waals surface area contributed by atoms with Crippen LogP contribution in [-0.2, 0) is 4.74 Å². The first-order valence-corrected chi connectivity index (χ1v) is 8.20. The second-order valence-electron chi connectivity index (χ2n) is 7.41. The van der Waals surface area contributed by atoms with Crippen molar-refractivity contribution in [3.05, 3.63) is 0 Å². The molecule has 0 spiro atoms. The van der Waals surface area contributed by atoms with E-state index in [1.54, 1.807) is 4.90 Å². The van der Waals surface area contributed by atoms with Gasteiger partial charge < -0.3 is 14.7 Å². The minimum Gasteiger partial charge on any atom is -0.444 e. The first-order valence-electron chi connectivity index (χ1n) is 8.20. The van der Waals surface area contributed by atoms with Gasteiger partial charge in [-0.05, 0) is 52.6 Å². The van der Waals surface area contributed by atoms with Gasteiger partial charge in [0, 0.05) is 6.54 Å². The smallest absolute Gasteiger partial charge is 0.410 e. The van der Waals surface area contributed by atoms with Gasteiger partial charge in [-0.3, -0.25) is 4.90 Å². The van der Waals surface area contributed by atoms with E-state index in [4.69, 9.17) is 4.74 Å². The van der Waals surface area contributed by atoms with Gasteiger partial charge in [-0.25, -0.2) is 4.79 Å². The molecule has 2 fully saturated rings. The molecule has 122 valence electrons. The second-order valence-corrected chi connectivity index (χ2v) is 7.41. The zero-order valence-corrected chi connectivity index (χ0v) is 13.8. The van der Waals surface area contributed by atoms with Crippen molar-refractivity contribution in [2.75, 3.05) is 26.2 Å². The molecule has 2 saturated heterocycles. The van der Waals surface area contributed by atoms with Crippen LogP contribution >= 0.6 is 0 Å². The fraction of sp³-hybridized carbons (Fsp3) is 0.938. The Morgan fingerprint density at radius 3 is 2.38 bits per heavy atom. The van der Waals surface area contributed by atoms with Crippen molar-refractivity contribution in [2.45, 2.75) is 64.7 Å². The lowest BCUT2D eigenvalue weighted by molar-refractivity contribution is 0.0268. The summed E-state index contributed by atoms with van der Waals surface area (Å²) >= 11 is 0. The summed E-state index contributed by atoms with van der Waals surface area (Å²) in [5.74, 6) is 0.821. The van der Waals surface area contributed by atoms with Crippen molar-refractivity contribution in [2.24, 2.45) is 5.92 Å². The highest BCUT2D eigenvalue weighted by Gasteiger charge is 2.40. The van der Waals surface area contributed by atoms with Crippen LogP contribution in [0.25, 0.3) is 0 Å². The third-order valence-electron chi connectivity index (χ3n) is 4.61. The molecule has 2 rings (SSSR count). The lowest BCUT2D eigenvalue weighted by Gasteiger charge is -2.36. The molecule has 2 aliphatic heterocycles. The summed E-state index contributed by atoms with van der Waals surface area (Å²) in [4.78, 5) is 16.1. The molecule has 5 heteroatoms. The summed E-state index contributed by atoms with van der Waals surface area (Å²) in [7, 11) is 0. The van der Waals surface area contributed by atoms with Crippen molar-refractivity contribution < 1.29 is 14.6 Å². The van der Waals surface area contributed by atoms with Crippen molar-refractivity contribution >= 4 is 6.09 Å². The molecule has 2 atom stereocenters. The number of rotatable bonds is 2. The number of nitrogens with zero attached hydrogens (tertiary/aromatic N) is 2. The van der Waals surface area contributed by atoms with Crippen LogP contribution in [0.15, 0.2) is 0 Å². The molecule has 5 nitrogen and oxygen atoms in total. The molecular weight excluding hydrogens is 268 g/mol. The predicted molar refractivity (Wildman–Crippen MR) is 82.2 cm³/mol. The lowest BCUT2D eigenvalue weighted by atomic mass is 9.93. The van der Waals surface area contributed by atoms with Gasteiger partial charge in [0.05, 0.1) is 18.7 Å². The molecule has 2 heterocycles. The lowest BCUT2D eigenvalue weighted by Crippen LogP contribution is -2.47. The van der Waals surface area contributed by atoms with Crippen molar-refractivity contribution in [1.29, 1.82) is 0 Å². The second kappa shape index (κ2) is 6.53. The number of ether oxygens (including phenoxy) is 1. The molecule has 0 aromatic heterocycles. The van der Waals surface area contributed by atoms with Crippen LogP contribution in [0.2, 0.25) is 0 Å². The van der Waals surface area contributed by atoms with Gasteiger partial charge >= 0.3 is 6.09 Å². The average molecular weight is 298 g/mol. The van der Waals surface area contributed by atoms with Gasteiger partial charge in [0.15, 0.2) is 0 Å². The number of β-amino-alcohol motifs (C(OH)–C–C–N with tert-alkyl or cyclic N) is 1. The Kier molecular flexibility index (Phi) is 5.15. The minimum atomic E-state index is -0.487. The van der Waals surface area contributed by atoms with Crippen molar-refractivity contribution in [3.63, 3.8) is 0 Å². The summed E-state index contributed by atoms with van der Waals surface area (Å²) < 4.78 is 5.40. The van der Waals surface area contributed by atoms with Crippen LogP contribution in [-0.4, -0.2) is 64.9 Å². The maximum atomic E-state index is 12.1. The van der Waals surface area contributed by atoms with Gasteiger partial charge in [0.2, 0.25) is 0 Å². The maximum absolute atomic E-state index is 12.1. The fourth-order valence-corrected chi connectivity index (χ4v) is 3.30. The van der Waals surface area contributed by atoms with Crippen LogP contribution in [0.5, 0.6) is 0 Å². The molecule has 0 saturated carbocycles. The number of aliphatic hydroxyl groups excluding tert-OH is 1. The number of hydrogen-bond acceptors (Lipinski definition) is 4. The molecule has 1 amide bonds. The molecule has 2 aliphatic rings. The molecule has 0 aromatic carbocycles. The first-order chi connectivity index (χ1) is 9.80. The Bertz CT molecular complexity index is 359. The summed E-state index contributed by atoms with van der Waals surface area (Å²) in [6, 6.07) is 0.0651. The van der Waals surface area contributed by atoms with E-state index >= 15 is 0 Å². The molecule has 0 aliphatic carbocycles. The van der Waals surface area contributed by atoms with E-state index in [1.807, 2.05) is 20.8 Å². The Morgan fingerprint density at radius 2 is 1.86 bits per heavy atom. The fourth-order valence-electron chi connectivity index (χ4n) is 3.30. The van der Waals surface area contributed by atoms with Gasteiger partial charge in [-0.1, -0.05) is 13.3 Å². The Labute approximate surface area is 128 Å². The highest BCUT2D eigenvalue weighted by atomic mass is 16.6. The first kappa shape index (κ1) is 16.6. The maximum Gasteiger partial charge on any atom is 0.410 e. The summed E-state index contributed by atoms with van der Waals surface area (Å²) in [6.07, 6.45) is 2.87. The highest BCUT2D eigenvalue weighted by molar-refractivity contribution is 5.68. The molecular formula is C16H30N2O3. The quantitative estimate of drug-likeness (QED) is 0.848. The SMILES string of the molecule is CCC1CCN([C@@H]2CN(C(=O)OC(C)(C)C)C[C@H]2O)CC1. The van der Waals surface area contributed by atoms with Crippen LogP contribution < -0.4 is 0 Å². The Morgan fingerprint density at radius 1 is 1.24 bits per heavy atom. The Balaban J connectivity index is 1.88. The van der Waals surface area contributed by atoms with Gasteiger partial charge in [-0.15, -0.1) is 0 Å². The van der Waals surface area contributed by atoms with Crippen molar-refractivity contribution in [3.8, 4) is 0 Å². The minimum absolute atomic E-state index is 0.0651. The number of likely N-dealkylation sites (tertiary alicyclic amines) is 2. The standard InChI is InChI=1S/C16H30N2O3/c1-5-12-6-8-17(9-7-12)13-10-18(11-14(13)19)15(20)21-16(2,3)4/h12-14,19H,5-11H2,1-4H3/t13-,14-/m1/s1.